The highest BCUT2D eigenvalue weighted by molar-refractivity contribution is 5.90. The number of rotatable bonds is 5. The summed E-state index contributed by atoms with van der Waals surface area (Å²) in [6, 6.07) is 1.53. The van der Waals surface area contributed by atoms with Crippen molar-refractivity contribution in [2.45, 2.75) is 31.9 Å². The molecular formula is C17H20N6O2. The first-order valence-electron chi connectivity index (χ1n) is 8.44. The van der Waals surface area contributed by atoms with E-state index in [0.717, 1.165) is 41.7 Å². The molecule has 3 aromatic heterocycles. The van der Waals surface area contributed by atoms with E-state index in [1.165, 1.54) is 6.33 Å². The predicted molar refractivity (Wildman–Crippen MR) is 91.8 cm³/mol. The molecule has 2 N–H and O–H groups in total. The van der Waals surface area contributed by atoms with Crippen LogP contribution in [-0.4, -0.2) is 49.9 Å². The van der Waals surface area contributed by atoms with Crippen LogP contribution in [0.4, 0.5) is 0 Å². The average Bonchev–Trinajstić information content (AvgIpc) is 3.39. The Balaban J connectivity index is 1.48. The Morgan fingerprint density at radius 3 is 3.28 bits per heavy atom. The Morgan fingerprint density at radius 2 is 2.44 bits per heavy atom. The highest BCUT2D eigenvalue weighted by Crippen LogP contribution is 2.24. The molecule has 1 amide bonds. The van der Waals surface area contributed by atoms with Gasteiger partial charge in [0.05, 0.1) is 18.0 Å². The number of amides is 1. The maximum Gasteiger partial charge on any atom is 0.244 e. The van der Waals surface area contributed by atoms with Crippen molar-refractivity contribution >= 4 is 16.9 Å². The van der Waals surface area contributed by atoms with Gasteiger partial charge in [-0.3, -0.25) is 9.48 Å². The number of nitrogens with one attached hydrogen (secondary N) is 2. The van der Waals surface area contributed by atoms with E-state index >= 15 is 0 Å². The molecule has 1 aliphatic heterocycles. The quantitative estimate of drug-likeness (QED) is 0.736. The van der Waals surface area contributed by atoms with E-state index in [1.807, 2.05) is 25.4 Å². The predicted octanol–water partition coefficient (Wildman–Crippen LogP) is 1.68. The smallest absolute Gasteiger partial charge is 0.244 e. The van der Waals surface area contributed by atoms with E-state index in [2.05, 4.69) is 25.4 Å². The van der Waals surface area contributed by atoms with Gasteiger partial charge in [-0.1, -0.05) is 0 Å². The minimum absolute atomic E-state index is 0.0698. The Bertz CT molecular complexity index is 880. The van der Waals surface area contributed by atoms with Crippen molar-refractivity contribution in [1.29, 1.82) is 0 Å². The van der Waals surface area contributed by atoms with Gasteiger partial charge in [-0.2, -0.15) is 5.10 Å². The first-order chi connectivity index (χ1) is 12.2. The van der Waals surface area contributed by atoms with Gasteiger partial charge in [-0.15, -0.1) is 0 Å². The van der Waals surface area contributed by atoms with Gasteiger partial charge in [0, 0.05) is 36.5 Å². The zero-order valence-electron chi connectivity index (χ0n) is 14.0. The van der Waals surface area contributed by atoms with E-state index in [-0.39, 0.29) is 12.0 Å². The van der Waals surface area contributed by atoms with Gasteiger partial charge in [0.2, 0.25) is 5.91 Å². The molecule has 2 atom stereocenters. The molecule has 4 heterocycles. The summed E-state index contributed by atoms with van der Waals surface area (Å²) >= 11 is 0. The number of aromatic amines is 1. The molecule has 1 aliphatic rings. The third kappa shape index (κ3) is 3.12. The lowest BCUT2D eigenvalue weighted by atomic mass is 10.2. The van der Waals surface area contributed by atoms with Crippen molar-refractivity contribution in [2.75, 3.05) is 13.2 Å². The van der Waals surface area contributed by atoms with Crippen LogP contribution in [0.25, 0.3) is 22.3 Å². The summed E-state index contributed by atoms with van der Waals surface area (Å²) in [6.45, 7) is 3.16. The SMILES string of the molecule is CC(C(=O)NCC1CCCO1)n1cc(-c2ncnc3[nH]ccc23)cn1. The van der Waals surface area contributed by atoms with E-state index in [1.54, 1.807) is 10.9 Å². The lowest BCUT2D eigenvalue weighted by Crippen LogP contribution is -2.36. The number of carbonyl (C=O) groups is 1. The van der Waals surface area contributed by atoms with Crippen LogP contribution in [0, 0.1) is 0 Å². The standard InChI is InChI=1S/C17H20N6O2/c1-11(17(24)19-8-13-3-2-6-25-13)23-9-12(7-22-23)15-14-4-5-18-16(14)21-10-20-15/h4-5,7,9-11,13H,2-3,6,8H2,1H3,(H,19,24)(H,18,20,21). The molecular weight excluding hydrogens is 320 g/mol. The highest BCUT2D eigenvalue weighted by Gasteiger charge is 2.20. The number of nitrogens with zero attached hydrogens (tertiary/aromatic N) is 4. The van der Waals surface area contributed by atoms with Gasteiger partial charge in [0.1, 0.15) is 18.0 Å². The van der Waals surface area contributed by atoms with Crippen LogP contribution in [0.3, 0.4) is 0 Å². The van der Waals surface area contributed by atoms with Gasteiger partial charge in [0.15, 0.2) is 0 Å². The minimum Gasteiger partial charge on any atom is -0.376 e. The zero-order valence-corrected chi connectivity index (χ0v) is 14.0. The largest absolute Gasteiger partial charge is 0.376 e. The third-order valence-electron chi connectivity index (χ3n) is 4.53. The third-order valence-corrected chi connectivity index (χ3v) is 4.53. The fourth-order valence-corrected chi connectivity index (χ4v) is 3.06. The molecule has 0 aliphatic carbocycles. The van der Waals surface area contributed by atoms with Crippen molar-refractivity contribution < 1.29 is 9.53 Å². The Labute approximate surface area is 144 Å². The fraction of sp³-hybridized carbons (Fsp3) is 0.412. The summed E-state index contributed by atoms with van der Waals surface area (Å²) in [5.74, 6) is -0.0698. The van der Waals surface area contributed by atoms with Crippen LogP contribution in [0.1, 0.15) is 25.8 Å². The summed E-state index contributed by atoms with van der Waals surface area (Å²) < 4.78 is 7.18. The molecule has 8 nitrogen and oxygen atoms in total. The lowest BCUT2D eigenvalue weighted by molar-refractivity contribution is -0.124. The van der Waals surface area contributed by atoms with Crippen LogP contribution >= 0.6 is 0 Å². The van der Waals surface area contributed by atoms with Crippen LogP contribution in [0.15, 0.2) is 31.0 Å². The summed E-state index contributed by atoms with van der Waals surface area (Å²) in [6.07, 6.45) is 9.10. The second kappa shape index (κ2) is 6.64. The molecule has 1 fully saturated rings. The van der Waals surface area contributed by atoms with Crippen molar-refractivity contribution in [1.82, 2.24) is 30.0 Å². The molecule has 2 unspecified atom stereocenters. The molecule has 3 aromatic rings. The van der Waals surface area contributed by atoms with Gasteiger partial charge < -0.3 is 15.0 Å². The molecule has 4 rings (SSSR count). The molecule has 0 radical (unpaired) electrons. The fourth-order valence-electron chi connectivity index (χ4n) is 3.06. The maximum atomic E-state index is 12.4. The Kier molecular flexibility index (Phi) is 4.19. The summed E-state index contributed by atoms with van der Waals surface area (Å²) in [5.41, 5.74) is 2.43. The number of hydrogen-bond donors (Lipinski definition) is 2. The minimum atomic E-state index is -0.404. The zero-order chi connectivity index (χ0) is 17.2. The van der Waals surface area contributed by atoms with Gasteiger partial charge in [0.25, 0.3) is 0 Å². The van der Waals surface area contributed by atoms with Crippen LogP contribution in [0.5, 0.6) is 0 Å². The topological polar surface area (TPSA) is 97.7 Å². The van der Waals surface area contributed by atoms with E-state index in [4.69, 9.17) is 4.74 Å². The number of fused-ring (bicyclic) bond motifs is 1. The van der Waals surface area contributed by atoms with E-state index in [9.17, 15) is 4.79 Å². The molecule has 1 saturated heterocycles. The summed E-state index contributed by atoms with van der Waals surface area (Å²) in [7, 11) is 0. The molecule has 0 saturated carbocycles. The molecule has 0 bridgehead atoms. The Hall–Kier alpha value is -2.74. The van der Waals surface area contributed by atoms with Crippen molar-refractivity contribution in [3.05, 3.63) is 31.0 Å². The van der Waals surface area contributed by atoms with Crippen molar-refractivity contribution in [2.24, 2.45) is 0 Å². The normalized spacial score (nSPS) is 18.5. The van der Waals surface area contributed by atoms with Crippen LogP contribution in [-0.2, 0) is 9.53 Å². The second-order valence-corrected chi connectivity index (χ2v) is 6.23. The van der Waals surface area contributed by atoms with E-state index < -0.39 is 6.04 Å². The molecule has 0 spiro atoms. The molecule has 130 valence electrons. The number of carbonyl (C=O) groups excluding carboxylic acids is 1. The first-order valence-corrected chi connectivity index (χ1v) is 8.44. The summed E-state index contributed by atoms with van der Waals surface area (Å²) in [4.78, 5) is 24.0. The summed E-state index contributed by atoms with van der Waals surface area (Å²) in [5, 5.41) is 8.21. The van der Waals surface area contributed by atoms with Crippen molar-refractivity contribution in [3.63, 3.8) is 0 Å². The van der Waals surface area contributed by atoms with Crippen LogP contribution in [0.2, 0.25) is 0 Å². The number of hydrogen-bond acceptors (Lipinski definition) is 5. The van der Waals surface area contributed by atoms with Crippen LogP contribution < -0.4 is 5.32 Å². The second-order valence-electron chi connectivity index (χ2n) is 6.23. The maximum absolute atomic E-state index is 12.4. The van der Waals surface area contributed by atoms with E-state index in [0.29, 0.717) is 6.54 Å². The molecule has 25 heavy (non-hydrogen) atoms. The number of aromatic nitrogens is 5. The van der Waals surface area contributed by atoms with Gasteiger partial charge in [-0.05, 0) is 25.8 Å². The number of ether oxygens (including phenoxy) is 1. The Morgan fingerprint density at radius 1 is 1.52 bits per heavy atom. The van der Waals surface area contributed by atoms with Gasteiger partial charge in [-0.25, -0.2) is 9.97 Å². The molecule has 0 aromatic carbocycles. The average molecular weight is 340 g/mol. The van der Waals surface area contributed by atoms with Gasteiger partial charge >= 0.3 is 0 Å². The first kappa shape index (κ1) is 15.8. The van der Waals surface area contributed by atoms with Crippen molar-refractivity contribution in [3.8, 4) is 11.3 Å². The lowest BCUT2D eigenvalue weighted by Gasteiger charge is -2.15. The monoisotopic (exact) mass is 340 g/mol. The highest BCUT2D eigenvalue weighted by atomic mass is 16.5. The molecule has 8 heteroatoms. The number of H-pyrrole nitrogens is 1.